The summed E-state index contributed by atoms with van der Waals surface area (Å²) in [5.41, 5.74) is 6.16. The van der Waals surface area contributed by atoms with Gasteiger partial charge in [0.05, 0.1) is 0 Å². The van der Waals surface area contributed by atoms with Gasteiger partial charge in [0.25, 0.3) is 5.91 Å². The highest BCUT2D eigenvalue weighted by atomic mass is 16.1. The highest BCUT2D eigenvalue weighted by Gasteiger charge is 2.10. The average molecular weight is 304 g/mol. The molecule has 0 spiro atoms. The molecular formula is C20H20N2O. The third kappa shape index (κ3) is 4.08. The lowest BCUT2D eigenvalue weighted by atomic mass is 9.99. The minimum Gasteiger partial charge on any atom is -0.321 e. The molecule has 1 N–H and O–H groups in total. The fourth-order valence-corrected chi connectivity index (χ4v) is 2.28. The molecule has 0 radical (unpaired) electrons. The Morgan fingerprint density at radius 3 is 2.22 bits per heavy atom. The van der Waals surface area contributed by atoms with Crippen LogP contribution in [0.15, 0.2) is 42.0 Å². The van der Waals surface area contributed by atoms with E-state index in [0.717, 1.165) is 22.3 Å². The van der Waals surface area contributed by atoms with Gasteiger partial charge in [0.15, 0.2) is 0 Å². The van der Waals surface area contributed by atoms with Crippen LogP contribution in [0.3, 0.4) is 0 Å². The number of aryl methyl sites for hydroxylation is 4. The number of amides is 1. The number of carbonyl (C=O) groups is 1. The molecule has 0 saturated heterocycles. The highest BCUT2D eigenvalue weighted by molar-refractivity contribution is 6.09. The van der Waals surface area contributed by atoms with Gasteiger partial charge in [-0.05, 0) is 68.2 Å². The first-order valence-corrected chi connectivity index (χ1v) is 7.48. The number of carbonyl (C=O) groups excluding carboxylic acids is 1. The Labute approximate surface area is 137 Å². The van der Waals surface area contributed by atoms with Gasteiger partial charge in [-0.15, -0.1) is 0 Å². The van der Waals surface area contributed by atoms with Gasteiger partial charge in [-0.25, -0.2) is 0 Å². The summed E-state index contributed by atoms with van der Waals surface area (Å²) in [5, 5.41) is 12.1. The van der Waals surface area contributed by atoms with Gasteiger partial charge in [0, 0.05) is 5.69 Å². The molecule has 0 heterocycles. The van der Waals surface area contributed by atoms with Crippen LogP contribution in [0.2, 0.25) is 0 Å². The van der Waals surface area contributed by atoms with E-state index < -0.39 is 5.91 Å². The summed E-state index contributed by atoms with van der Waals surface area (Å²) in [5.74, 6) is -0.394. The molecule has 2 rings (SSSR count). The molecule has 2 aromatic rings. The number of anilines is 1. The van der Waals surface area contributed by atoms with Crippen LogP contribution in [0.25, 0.3) is 6.08 Å². The lowest BCUT2D eigenvalue weighted by Crippen LogP contribution is -2.13. The van der Waals surface area contributed by atoms with Crippen molar-refractivity contribution in [3.05, 3.63) is 69.8 Å². The molecule has 3 nitrogen and oxygen atoms in total. The first-order valence-electron chi connectivity index (χ1n) is 7.48. The van der Waals surface area contributed by atoms with Gasteiger partial charge in [0.1, 0.15) is 11.6 Å². The van der Waals surface area contributed by atoms with Crippen molar-refractivity contribution in [2.75, 3.05) is 5.32 Å². The molecule has 23 heavy (non-hydrogen) atoms. The molecule has 0 fully saturated rings. The van der Waals surface area contributed by atoms with Crippen LogP contribution in [0, 0.1) is 39.0 Å². The Morgan fingerprint density at radius 2 is 1.61 bits per heavy atom. The fraction of sp³-hybridized carbons (Fsp3) is 0.200. The third-order valence-electron chi connectivity index (χ3n) is 3.86. The summed E-state index contributed by atoms with van der Waals surface area (Å²) in [6.45, 7) is 8.02. The molecule has 116 valence electrons. The van der Waals surface area contributed by atoms with E-state index in [0.29, 0.717) is 5.69 Å². The van der Waals surface area contributed by atoms with E-state index in [2.05, 4.69) is 11.4 Å². The third-order valence-corrected chi connectivity index (χ3v) is 3.86. The second kappa shape index (κ2) is 6.93. The van der Waals surface area contributed by atoms with Crippen LogP contribution < -0.4 is 5.32 Å². The van der Waals surface area contributed by atoms with E-state index in [-0.39, 0.29) is 5.57 Å². The summed E-state index contributed by atoms with van der Waals surface area (Å²) >= 11 is 0. The molecule has 0 aliphatic rings. The molecule has 0 aliphatic carbocycles. The monoisotopic (exact) mass is 304 g/mol. The van der Waals surface area contributed by atoms with Gasteiger partial charge < -0.3 is 5.32 Å². The predicted octanol–water partition coefficient (Wildman–Crippen LogP) is 4.47. The maximum atomic E-state index is 12.3. The van der Waals surface area contributed by atoms with Crippen molar-refractivity contribution >= 4 is 17.7 Å². The molecule has 0 unspecified atom stereocenters. The summed E-state index contributed by atoms with van der Waals surface area (Å²) in [7, 11) is 0. The van der Waals surface area contributed by atoms with Crippen molar-refractivity contribution in [3.8, 4) is 6.07 Å². The van der Waals surface area contributed by atoms with E-state index >= 15 is 0 Å². The van der Waals surface area contributed by atoms with Crippen molar-refractivity contribution in [1.82, 2.24) is 0 Å². The number of rotatable bonds is 3. The molecule has 0 aliphatic heterocycles. The van der Waals surface area contributed by atoms with Crippen LogP contribution in [-0.2, 0) is 4.79 Å². The molecule has 2 aromatic carbocycles. The Kier molecular flexibility index (Phi) is 4.98. The van der Waals surface area contributed by atoms with E-state index in [1.54, 1.807) is 6.08 Å². The number of nitrogens with zero attached hydrogens (tertiary/aromatic N) is 1. The molecule has 0 atom stereocenters. The van der Waals surface area contributed by atoms with Gasteiger partial charge >= 0.3 is 0 Å². The zero-order valence-corrected chi connectivity index (χ0v) is 13.9. The van der Waals surface area contributed by atoms with E-state index in [9.17, 15) is 10.1 Å². The van der Waals surface area contributed by atoms with Gasteiger partial charge in [-0.2, -0.15) is 5.26 Å². The molecule has 0 aromatic heterocycles. The molecular weight excluding hydrogens is 284 g/mol. The summed E-state index contributed by atoms with van der Waals surface area (Å²) < 4.78 is 0. The summed E-state index contributed by atoms with van der Waals surface area (Å²) in [6.07, 6.45) is 1.64. The molecule has 0 bridgehead atoms. The van der Waals surface area contributed by atoms with Gasteiger partial charge in [-0.3, -0.25) is 4.79 Å². The second-order valence-electron chi connectivity index (χ2n) is 5.78. The maximum Gasteiger partial charge on any atom is 0.266 e. The standard InChI is InChI=1S/C20H20N2O/c1-13-5-7-19(8-6-13)22-20(23)18(12-21)11-17-10-15(3)14(2)9-16(17)4/h5-11H,1-4H3,(H,22,23)/b18-11-. The van der Waals surface area contributed by atoms with Crippen LogP contribution >= 0.6 is 0 Å². The Balaban J connectivity index is 2.28. The highest BCUT2D eigenvalue weighted by Crippen LogP contribution is 2.19. The Morgan fingerprint density at radius 1 is 1.00 bits per heavy atom. The number of hydrogen-bond donors (Lipinski definition) is 1. The summed E-state index contributed by atoms with van der Waals surface area (Å²) in [4.78, 5) is 12.3. The molecule has 3 heteroatoms. The Bertz CT molecular complexity index is 809. The first kappa shape index (κ1) is 16.5. The smallest absolute Gasteiger partial charge is 0.266 e. The fourth-order valence-electron chi connectivity index (χ4n) is 2.28. The van der Waals surface area contributed by atoms with Crippen molar-refractivity contribution in [2.45, 2.75) is 27.7 Å². The topological polar surface area (TPSA) is 52.9 Å². The van der Waals surface area contributed by atoms with Gasteiger partial charge in [0.2, 0.25) is 0 Å². The number of benzene rings is 2. The predicted molar refractivity (Wildman–Crippen MR) is 94.1 cm³/mol. The minimum atomic E-state index is -0.394. The van der Waals surface area contributed by atoms with E-state index in [1.165, 1.54) is 5.56 Å². The first-order chi connectivity index (χ1) is 10.9. The molecule has 0 saturated carbocycles. The minimum absolute atomic E-state index is 0.0944. The number of nitriles is 1. The average Bonchev–Trinajstić information content (AvgIpc) is 2.51. The zero-order chi connectivity index (χ0) is 17.0. The van der Waals surface area contributed by atoms with E-state index in [4.69, 9.17) is 0 Å². The largest absolute Gasteiger partial charge is 0.321 e. The lowest BCUT2D eigenvalue weighted by Gasteiger charge is -2.08. The quantitative estimate of drug-likeness (QED) is 0.672. The van der Waals surface area contributed by atoms with Gasteiger partial charge in [-0.1, -0.05) is 29.8 Å². The van der Waals surface area contributed by atoms with Crippen LogP contribution in [-0.4, -0.2) is 5.91 Å². The van der Waals surface area contributed by atoms with Crippen molar-refractivity contribution in [3.63, 3.8) is 0 Å². The van der Waals surface area contributed by atoms with Crippen molar-refractivity contribution in [2.24, 2.45) is 0 Å². The van der Waals surface area contributed by atoms with Crippen LogP contribution in [0.1, 0.15) is 27.8 Å². The number of hydrogen-bond acceptors (Lipinski definition) is 2. The SMILES string of the molecule is Cc1ccc(NC(=O)/C(C#N)=C\c2cc(C)c(C)cc2C)cc1. The van der Waals surface area contributed by atoms with Crippen molar-refractivity contribution < 1.29 is 4.79 Å². The summed E-state index contributed by atoms with van der Waals surface area (Å²) in [6, 6.07) is 13.5. The van der Waals surface area contributed by atoms with Crippen LogP contribution in [0.5, 0.6) is 0 Å². The normalized spacial score (nSPS) is 11.0. The number of nitrogens with one attached hydrogen (secondary N) is 1. The zero-order valence-electron chi connectivity index (χ0n) is 13.9. The Hall–Kier alpha value is -2.86. The maximum absolute atomic E-state index is 12.3. The molecule has 1 amide bonds. The van der Waals surface area contributed by atoms with Crippen LogP contribution in [0.4, 0.5) is 5.69 Å². The van der Waals surface area contributed by atoms with E-state index in [1.807, 2.05) is 64.1 Å². The lowest BCUT2D eigenvalue weighted by molar-refractivity contribution is -0.112. The van der Waals surface area contributed by atoms with Crippen molar-refractivity contribution in [1.29, 1.82) is 5.26 Å². The second-order valence-corrected chi connectivity index (χ2v) is 5.78.